The van der Waals surface area contributed by atoms with Crippen molar-refractivity contribution in [2.75, 3.05) is 14.2 Å². The predicted molar refractivity (Wildman–Crippen MR) is 83.3 cm³/mol. The highest BCUT2D eigenvalue weighted by Gasteiger charge is 2.13. The summed E-state index contributed by atoms with van der Waals surface area (Å²) in [5.74, 6) is 1.49. The van der Waals surface area contributed by atoms with Gasteiger partial charge in [0.1, 0.15) is 11.5 Å². The number of hydrogen-bond acceptors (Lipinski definition) is 2. The molecule has 0 saturated heterocycles. The second kappa shape index (κ2) is 6.87. The standard InChI is InChI=1S/C16H16Cl2O2/c1-19-15-6-4-3-5-12(15)10-13(17)11-7-8-16(20-2)14(18)9-11/h3-9,13H,10H2,1-2H3. The van der Waals surface area contributed by atoms with Gasteiger partial charge in [-0.05, 0) is 35.7 Å². The van der Waals surface area contributed by atoms with Gasteiger partial charge in [-0.3, -0.25) is 0 Å². The molecular weight excluding hydrogens is 295 g/mol. The molecule has 2 rings (SSSR count). The lowest BCUT2D eigenvalue weighted by Gasteiger charge is -2.14. The van der Waals surface area contributed by atoms with Gasteiger partial charge < -0.3 is 9.47 Å². The number of rotatable bonds is 5. The first-order valence-electron chi connectivity index (χ1n) is 6.25. The molecule has 0 aliphatic heterocycles. The summed E-state index contributed by atoms with van der Waals surface area (Å²) < 4.78 is 10.5. The van der Waals surface area contributed by atoms with E-state index in [-0.39, 0.29) is 5.38 Å². The third kappa shape index (κ3) is 3.38. The average molecular weight is 311 g/mol. The van der Waals surface area contributed by atoms with Gasteiger partial charge in [-0.1, -0.05) is 35.9 Å². The van der Waals surface area contributed by atoms with Crippen LogP contribution in [0.25, 0.3) is 0 Å². The minimum Gasteiger partial charge on any atom is -0.496 e. The van der Waals surface area contributed by atoms with E-state index >= 15 is 0 Å². The van der Waals surface area contributed by atoms with E-state index in [4.69, 9.17) is 32.7 Å². The molecule has 1 atom stereocenters. The van der Waals surface area contributed by atoms with Gasteiger partial charge in [-0.2, -0.15) is 0 Å². The fourth-order valence-corrected chi connectivity index (χ4v) is 2.63. The zero-order valence-electron chi connectivity index (χ0n) is 11.4. The first kappa shape index (κ1) is 15.0. The number of halogens is 2. The van der Waals surface area contributed by atoms with E-state index < -0.39 is 0 Å². The van der Waals surface area contributed by atoms with Crippen LogP contribution in [0.15, 0.2) is 42.5 Å². The molecule has 0 amide bonds. The third-order valence-electron chi connectivity index (χ3n) is 3.13. The maximum absolute atomic E-state index is 6.48. The minimum atomic E-state index is -0.172. The van der Waals surface area contributed by atoms with Gasteiger partial charge in [-0.15, -0.1) is 11.6 Å². The monoisotopic (exact) mass is 310 g/mol. The summed E-state index contributed by atoms with van der Waals surface area (Å²) in [6.07, 6.45) is 0.675. The molecule has 20 heavy (non-hydrogen) atoms. The Balaban J connectivity index is 2.19. The van der Waals surface area contributed by atoms with Crippen LogP contribution in [0.5, 0.6) is 11.5 Å². The first-order valence-corrected chi connectivity index (χ1v) is 7.06. The second-order valence-electron chi connectivity index (χ2n) is 4.38. The Labute approximate surface area is 129 Å². The summed E-state index contributed by atoms with van der Waals surface area (Å²) in [6.45, 7) is 0. The van der Waals surface area contributed by atoms with Gasteiger partial charge >= 0.3 is 0 Å². The van der Waals surface area contributed by atoms with Crippen molar-refractivity contribution >= 4 is 23.2 Å². The van der Waals surface area contributed by atoms with Crippen LogP contribution in [0.4, 0.5) is 0 Å². The summed E-state index contributed by atoms with van der Waals surface area (Å²) >= 11 is 12.6. The van der Waals surface area contributed by atoms with Crippen LogP contribution in [-0.4, -0.2) is 14.2 Å². The number of benzene rings is 2. The van der Waals surface area contributed by atoms with E-state index in [1.165, 1.54) is 0 Å². The second-order valence-corrected chi connectivity index (χ2v) is 5.31. The van der Waals surface area contributed by atoms with E-state index in [0.717, 1.165) is 16.9 Å². The summed E-state index contributed by atoms with van der Waals surface area (Å²) in [7, 11) is 3.25. The molecule has 2 aromatic rings. The van der Waals surface area contributed by atoms with Crippen LogP contribution < -0.4 is 9.47 Å². The lowest BCUT2D eigenvalue weighted by molar-refractivity contribution is 0.409. The normalized spacial score (nSPS) is 12.0. The Morgan fingerprint density at radius 3 is 2.35 bits per heavy atom. The molecule has 0 bridgehead atoms. The van der Waals surface area contributed by atoms with Crippen LogP contribution in [0.3, 0.4) is 0 Å². The largest absolute Gasteiger partial charge is 0.496 e. The van der Waals surface area contributed by atoms with Crippen LogP contribution in [0.2, 0.25) is 5.02 Å². The summed E-state index contributed by atoms with van der Waals surface area (Å²) in [5.41, 5.74) is 2.03. The fourth-order valence-electron chi connectivity index (χ4n) is 2.06. The maximum atomic E-state index is 6.48. The van der Waals surface area contributed by atoms with E-state index in [2.05, 4.69) is 0 Å². The molecule has 0 saturated carbocycles. The van der Waals surface area contributed by atoms with Gasteiger partial charge in [0.05, 0.1) is 24.6 Å². The molecule has 4 heteroatoms. The van der Waals surface area contributed by atoms with Crippen molar-refractivity contribution in [3.63, 3.8) is 0 Å². The molecule has 2 nitrogen and oxygen atoms in total. The highest BCUT2D eigenvalue weighted by atomic mass is 35.5. The quantitative estimate of drug-likeness (QED) is 0.733. The van der Waals surface area contributed by atoms with Crippen molar-refractivity contribution in [2.24, 2.45) is 0 Å². The zero-order valence-corrected chi connectivity index (χ0v) is 12.9. The highest BCUT2D eigenvalue weighted by Crippen LogP contribution is 2.33. The molecule has 0 N–H and O–H groups in total. The SMILES string of the molecule is COc1ccc(C(Cl)Cc2ccccc2OC)cc1Cl. The number of ether oxygens (including phenoxy) is 2. The van der Waals surface area contributed by atoms with Crippen LogP contribution in [0.1, 0.15) is 16.5 Å². The predicted octanol–water partition coefficient (Wildman–Crippen LogP) is 4.88. The van der Waals surface area contributed by atoms with Crippen molar-refractivity contribution in [1.29, 1.82) is 0 Å². The summed E-state index contributed by atoms with van der Waals surface area (Å²) in [6, 6.07) is 13.5. The Kier molecular flexibility index (Phi) is 5.16. The highest BCUT2D eigenvalue weighted by molar-refractivity contribution is 6.32. The third-order valence-corrected chi connectivity index (χ3v) is 3.83. The van der Waals surface area contributed by atoms with Crippen LogP contribution >= 0.6 is 23.2 Å². The molecule has 0 fully saturated rings. The van der Waals surface area contributed by atoms with Crippen LogP contribution in [-0.2, 0) is 6.42 Å². The molecule has 0 aliphatic carbocycles. The van der Waals surface area contributed by atoms with Crippen molar-refractivity contribution in [3.8, 4) is 11.5 Å². The molecule has 0 aliphatic rings. The molecule has 0 spiro atoms. The van der Waals surface area contributed by atoms with Crippen molar-refractivity contribution < 1.29 is 9.47 Å². The smallest absolute Gasteiger partial charge is 0.137 e. The Morgan fingerprint density at radius 1 is 1.00 bits per heavy atom. The van der Waals surface area contributed by atoms with Gasteiger partial charge in [0.2, 0.25) is 0 Å². The molecule has 106 valence electrons. The zero-order chi connectivity index (χ0) is 14.5. The summed E-state index contributed by atoms with van der Waals surface area (Å²) in [4.78, 5) is 0. The molecular formula is C16H16Cl2O2. The molecule has 0 aromatic heterocycles. The number of alkyl halides is 1. The topological polar surface area (TPSA) is 18.5 Å². The van der Waals surface area contributed by atoms with E-state index in [0.29, 0.717) is 17.2 Å². The van der Waals surface area contributed by atoms with Crippen molar-refractivity contribution in [1.82, 2.24) is 0 Å². The van der Waals surface area contributed by atoms with E-state index in [1.54, 1.807) is 14.2 Å². The van der Waals surface area contributed by atoms with Crippen LogP contribution in [0, 0.1) is 0 Å². The van der Waals surface area contributed by atoms with Crippen molar-refractivity contribution in [3.05, 3.63) is 58.6 Å². The Morgan fingerprint density at radius 2 is 1.70 bits per heavy atom. The molecule has 2 aromatic carbocycles. The minimum absolute atomic E-state index is 0.172. The number of methoxy groups -OCH3 is 2. The number of hydrogen-bond donors (Lipinski definition) is 0. The average Bonchev–Trinajstić information content (AvgIpc) is 2.47. The lowest BCUT2D eigenvalue weighted by atomic mass is 10.0. The first-order chi connectivity index (χ1) is 9.65. The summed E-state index contributed by atoms with van der Waals surface area (Å²) in [5, 5.41) is 0.394. The molecule has 0 radical (unpaired) electrons. The van der Waals surface area contributed by atoms with Crippen molar-refractivity contribution in [2.45, 2.75) is 11.8 Å². The number of para-hydroxylation sites is 1. The van der Waals surface area contributed by atoms with Gasteiger partial charge in [0.25, 0.3) is 0 Å². The molecule has 1 unspecified atom stereocenters. The van der Waals surface area contributed by atoms with E-state index in [9.17, 15) is 0 Å². The van der Waals surface area contributed by atoms with E-state index in [1.807, 2.05) is 42.5 Å². The van der Waals surface area contributed by atoms with Gasteiger partial charge in [0.15, 0.2) is 0 Å². The van der Waals surface area contributed by atoms with Gasteiger partial charge in [0, 0.05) is 0 Å². The Bertz CT molecular complexity index is 584. The molecule has 0 heterocycles. The maximum Gasteiger partial charge on any atom is 0.137 e. The lowest BCUT2D eigenvalue weighted by Crippen LogP contribution is -1.99. The fraction of sp³-hybridized carbons (Fsp3) is 0.250. The van der Waals surface area contributed by atoms with Gasteiger partial charge in [-0.25, -0.2) is 0 Å². The Hall–Kier alpha value is -1.38.